The van der Waals surface area contributed by atoms with Gasteiger partial charge in [0.25, 0.3) is 0 Å². The fraction of sp³-hybridized carbons (Fsp3) is 0.167. The lowest BCUT2D eigenvalue weighted by atomic mass is 10.1. The minimum Gasteiger partial charge on any atom is -0.328 e. The molecule has 0 aliphatic heterocycles. The molecule has 116 valence electrons. The van der Waals surface area contributed by atoms with Gasteiger partial charge < -0.3 is 10.2 Å². The Hall–Kier alpha value is -2.95. The highest BCUT2D eigenvalue weighted by Gasteiger charge is 2.09. The van der Waals surface area contributed by atoms with E-state index in [1.54, 1.807) is 6.20 Å². The van der Waals surface area contributed by atoms with Crippen molar-refractivity contribution < 1.29 is 0 Å². The van der Waals surface area contributed by atoms with Crippen LogP contribution in [0.2, 0.25) is 0 Å². The molecule has 0 unspecified atom stereocenters. The van der Waals surface area contributed by atoms with Crippen LogP contribution in [0.4, 0.5) is 23.1 Å². The molecule has 5 heteroatoms. The van der Waals surface area contributed by atoms with Crippen LogP contribution >= 0.6 is 0 Å². The minimum absolute atomic E-state index is 0.489. The quantitative estimate of drug-likeness (QED) is 0.789. The molecule has 0 aliphatic rings. The first-order chi connectivity index (χ1) is 11.1. The topological polar surface area (TPSA) is 53.9 Å². The molecule has 5 nitrogen and oxygen atoms in total. The van der Waals surface area contributed by atoms with E-state index in [-0.39, 0.29) is 0 Å². The van der Waals surface area contributed by atoms with E-state index < -0.39 is 0 Å². The Balaban J connectivity index is 1.89. The van der Waals surface area contributed by atoms with Crippen LogP contribution in [0.5, 0.6) is 0 Å². The first kappa shape index (κ1) is 15.0. The van der Waals surface area contributed by atoms with Gasteiger partial charge in [-0.1, -0.05) is 36.4 Å². The molecule has 0 radical (unpaired) electrons. The van der Waals surface area contributed by atoms with E-state index in [0.717, 1.165) is 28.3 Å². The highest BCUT2D eigenvalue weighted by atomic mass is 15.3. The highest BCUT2D eigenvalue weighted by Crippen LogP contribution is 2.24. The lowest BCUT2D eigenvalue weighted by Crippen LogP contribution is -2.13. The van der Waals surface area contributed by atoms with E-state index in [1.807, 2.05) is 48.3 Å². The number of hydrogen-bond acceptors (Lipinski definition) is 5. The number of aryl methyl sites for hydroxylation is 2. The summed E-state index contributed by atoms with van der Waals surface area (Å²) in [5.41, 5.74) is 4.37. The molecule has 0 spiro atoms. The maximum Gasteiger partial charge on any atom is 0.249 e. The van der Waals surface area contributed by atoms with Gasteiger partial charge in [-0.3, -0.25) is 0 Å². The summed E-state index contributed by atoms with van der Waals surface area (Å²) in [6.45, 7) is 4.12. The van der Waals surface area contributed by atoms with E-state index in [1.165, 1.54) is 0 Å². The molecule has 0 aliphatic carbocycles. The second-order valence-electron chi connectivity index (χ2n) is 5.42. The number of nitrogens with one attached hydrogen (secondary N) is 1. The molecule has 0 fully saturated rings. The molecule has 1 aromatic heterocycles. The molecule has 0 amide bonds. The van der Waals surface area contributed by atoms with Gasteiger partial charge in [-0.15, -0.1) is 5.10 Å². The van der Waals surface area contributed by atoms with Crippen molar-refractivity contribution in [1.82, 2.24) is 15.2 Å². The van der Waals surface area contributed by atoms with Crippen molar-refractivity contribution >= 4 is 23.1 Å². The second kappa shape index (κ2) is 6.44. The zero-order valence-corrected chi connectivity index (χ0v) is 13.5. The van der Waals surface area contributed by atoms with Crippen LogP contribution in [-0.2, 0) is 0 Å². The van der Waals surface area contributed by atoms with E-state index in [4.69, 9.17) is 0 Å². The molecule has 0 bridgehead atoms. The molecule has 1 N–H and O–H groups in total. The molecule has 3 aromatic rings. The molecule has 0 saturated carbocycles. The summed E-state index contributed by atoms with van der Waals surface area (Å²) in [5, 5.41) is 11.4. The average molecular weight is 305 g/mol. The van der Waals surface area contributed by atoms with Gasteiger partial charge in [0.1, 0.15) is 0 Å². The number of hydrogen-bond donors (Lipinski definition) is 1. The number of nitrogens with zero attached hydrogens (tertiary/aromatic N) is 4. The summed E-state index contributed by atoms with van der Waals surface area (Å²) in [5.74, 6) is 1.22. The van der Waals surface area contributed by atoms with Gasteiger partial charge in [0.15, 0.2) is 5.82 Å². The van der Waals surface area contributed by atoms with Gasteiger partial charge in [-0.25, -0.2) is 0 Å². The number of aromatic nitrogens is 3. The molecule has 0 atom stereocenters. The van der Waals surface area contributed by atoms with Gasteiger partial charge in [0, 0.05) is 18.4 Å². The van der Waals surface area contributed by atoms with Crippen molar-refractivity contribution in [2.45, 2.75) is 13.8 Å². The van der Waals surface area contributed by atoms with E-state index >= 15 is 0 Å². The van der Waals surface area contributed by atoms with Gasteiger partial charge in [0.2, 0.25) is 5.95 Å². The molecular weight excluding hydrogens is 286 g/mol. The van der Waals surface area contributed by atoms with Crippen LogP contribution < -0.4 is 10.2 Å². The first-order valence-corrected chi connectivity index (χ1v) is 7.47. The van der Waals surface area contributed by atoms with Crippen molar-refractivity contribution in [3.05, 3.63) is 65.9 Å². The van der Waals surface area contributed by atoms with Gasteiger partial charge in [-0.05, 0) is 37.1 Å². The van der Waals surface area contributed by atoms with Crippen LogP contribution in [0, 0.1) is 13.8 Å². The smallest absolute Gasteiger partial charge is 0.249 e. The monoisotopic (exact) mass is 305 g/mol. The fourth-order valence-corrected chi connectivity index (χ4v) is 2.42. The SMILES string of the molecule is Cc1cccc(C)c1Nc1nncc(N(C)c2ccccc2)n1. The number of benzene rings is 2. The zero-order valence-electron chi connectivity index (χ0n) is 13.5. The normalized spacial score (nSPS) is 10.4. The molecule has 1 heterocycles. The molecule has 2 aromatic carbocycles. The van der Waals surface area contributed by atoms with Crippen molar-refractivity contribution in [3.8, 4) is 0 Å². The van der Waals surface area contributed by atoms with Crippen molar-refractivity contribution in [3.63, 3.8) is 0 Å². The number of rotatable bonds is 4. The molecule has 23 heavy (non-hydrogen) atoms. The predicted molar refractivity (Wildman–Crippen MR) is 93.5 cm³/mol. The van der Waals surface area contributed by atoms with E-state index in [2.05, 4.69) is 46.5 Å². The third-order valence-electron chi connectivity index (χ3n) is 3.75. The van der Waals surface area contributed by atoms with Gasteiger partial charge in [0.05, 0.1) is 6.20 Å². The van der Waals surface area contributed by atoms with Crippen LogP contribution in [0.1, 0.15) is 11.1 Å². The summed E-state index contributed by atoms with van der Waals surface area (Å²) in [6.07, 6.45) is 1.66. The maximum atomic E-state index is 4.57. The Morgan fingerprint density at radius 1 is 0.913 bits per heavy atom. The minimum atomic E-state index is 0.489. The Morgan fingerprint density at radius 3 is 2.30 bits per heavy atom. The van der Waals surface area contributed by atoms with Crippen LogP contribution in [0.15, 0.2) is 54.7 Å². The lowest BCUT2D eigenvalue weighted by Gasteiger charge is -2.18. The summed E-state index contributed by atoms with van der Waals surface area (Å²) >= 11 is 0. The Labute approximate surface area is 136 Å². The van der Waals surface area contributed by atoms with Crippen molar-refractivity contribution in [1.29, 1.82) is 0 Å². The van der Waals surface area contributed by atoms with Gasteiger partial charge >= 0.3 is 0 Å². The first-order valence-electron chi connectivity index (χ1n) is 7.47. The summed E-state index contributed by atoms with van der Waals surface area (Å²) in [4.78, 5) is 6.54. The van der Waals surface area contributed by atoms with Crippen LogP contribution in [0.25, 0.3) is 0 Å². The van der Waals surface area contributed by atoms with Gasteiger partial charge in [-0.2, -0.15) is 10.1 Å². The van der Waals surface area contributed by atoms with E-state index in [9.17, 15) is 0 Å². The third-order valence-corrected chi connectivity index (χ3v) is 3.75. The predicted octanol–water partition coefficient (Wildman–Crippen LogP) is 4.00. The lowest BCUT2D eigenvalue weighted by molar-refractivity contribution is 0.956. The zero-order chi connectivity index (χ0) is 16.2. The standard InChI is InChI=1S/C18H19N5/c1-13-8-7-9-14(2)17(13)21-18-20-16(12-19-22-18)23(3)15-10-5-4-6-11-15/h4-12H,1-3H3,(H,20,21,22). The Kier molecular flexibility index (Phi) is 4.19. The number of anilines is 4. The summed E-state index contributed by atoms with van der Waals surface area (Å²) in [7, 11) is 1.96. The van der Waals surface area contributed by atoms with E-state index in [0.29, 0.717) is 5.95 Å². The molecule has 3 rings (SSSR count). The molecule has 0 saturated heterocycles. The van der Waals surface area contributed by atoms with Crippen LogP contribution in [-0.4, -0.2) is 22.2 Å². The highest BCUT2D eigenvalue weighted by molar-refractivity contribution is 5.64. The Morgan fingerprint density at radius 2 is 1.61 bits per heavy atom. The average Bonchev–Trinajstić information content (AvgIpc) is 2.59. The largest absolute Gasteiger partial charge is 0.328 e. The third kappa shape index (κ3) is 3.29. The number of para-hydroxylation sites is 2. The fourth-order valence-electron chi connectivity index (χ4n) is 2.42. The second-order valence-corrected chi connectivity index (χ2v) is 5.42. The maximum absolute atomic E-state index is 4.57. The summed E-state index contributed by atoms with van der Waals surface area (Å²) in [6, 6.07) is 16.2. The Bertz CT molecular complexity index is 781. The van der Waals surface area contributed by atoms with Crippen molar-refractivity contribution in [2.24, 2.45) is 0 Å². The summed E-state index contributed by atoms with van der Waals surface area (Å²) < 4.78 is 0. The van der Waals surface area contributed by atoms with Crippen molar-refractivity contribution in [2.75, 3.05) is 17.3 Å². The molecular formula is C18H19N5. The van der Waals surface area contributed by atoms with Crippen LogP contribution in [0.3, 0.4) is 0 Å².